The van der Waals surface area contributed by atoms with Crippen molar-refractivity contribution >= 4 is 14.4 Å². The molecule has 0 aromatic heterocycles. The Hall–Kier alpha value is -0.433. The van der Waals surface area contributed by atoms with Gasteiger partial charge in [0.25, 0.3) is 6.09 Å². The van der Waals surface area contributed by atoms with Crippen molar-refractivity contribution in [2.75, 3.05) is 13.2 Å². The molecule has 0 spiro atoms. The summed E-state index contributed by atoms with van der Waals surface area (Å²) in [7, 11) is -1.97. The normalized spacial score (nSPS) is 30.6. The predicted octanol–water partition coefficient (Wildman–Crippen LogP) is 2.10. The molecule has 3 atom stereocenters. The third-order valence-corrected chi connectivity index (χ3v) is 10.2. The lowest BCUT2D eigenvalue weighted by atomic mass is 10.00. The van der Waals surface area contributed by atoms with Crippen molar-refractivity contribution < 1.29 is 23.9 Å². The van der Waals surface area contributed by atoms with E-state index in [0.29, 0.717) is 13.0 Å². The van der Waals surface area contributed by atoms with Gasteiger partial charge in [-0.25, -0.2) is 0 Å². The molecule has 1 rings (SSSR count). The van der Waals surface area contributed by atoms with E-state index in [4.69, 9.17) is 4.43 Å². The van der Waals surface area contributed by atoms with Crippen LogP contribution in [0.25, 0.3) is 0 Å². The highest BCUT2D eigenvalue weighted by molar-refractivity contribution is 6.74. The monoisotopic (exact) mass is 331 g/mol. The van der Waals surface area contributed by atoms with Gasteiger partial charge >= 0.3 is 0 Å². The molecule has 130 valence electrons. The van der Waals surface area contributed by atoms with E-state index in [1.54, 1.807) is 0 Å². The maximum absolute atomic E-state index is 12.0. The SMILES string of the molecule is CC(C)(C)[N+]1(C(=O)[O-])C[C@@H](O[Si](C)(C)C(C)(C)C)C[C@@H]1CO. The lowest BCUT2D eigenvalue weighted by Gasteiger charge is -2.48. The molecule has 1 aliphatic heterocycles. The molecule has 0 aliphatic carbocycles. The summed E-state index contributed by atoms with van der Waals surface area (Å²) in [6.45, 7) is 16.7. The standard InChI is InChI=1S/C16H33NO4Si/c1-15(2,3)17(14(19)20)10-13(9-12(17)11-18)21-22(7,8)16(4,5)6/h12-13,18H,9-11H2,1-8H3/t12-,13+,17?/m1/s1. The van der Waals surface area contributed by atoms with Crippen LogP contribution in [0.2, 0.25) is 18.1 Å². The van der Waals surface area contributed by atoms with Crippen molar-refractivity contribution in [2.45, 2.75) is 83.8 Å². The summed E-state index contributed by atoms with van der Waals surface area (Å²) in [6.07, 6.45) is -0.697. The summed E-state index contributed by atoms with van der Waals surface area (Å²) < 4.78 is 6.18. The number of hydrogen-bond acceptors (Lipinski definition) is 4. The van der Waals surface area contributed by atoms with Crippen molar-refractivity contribution in [3.05, 3.63) is 0 Å². The Morgan fingerprint density at radius 3 is 2.05 bits per heavy atom. The Kier molecular flexibility index (Phi) is 5.25. The quantitative estimate of drug-likeness (QED) is 0.635. The maximum Gasteiger partial charge on any atom is 0.258 e. The van der Waals surface area contributed by atoms with Crippen LogP contribution in [0.15, 0.2) is 0 Å². The zero-order chi connectivity index (χ0) is 17.6. The van der Waals surface area contributed by atoms with Crippen molar-refractivity contribution in [3.8, 4) is 0 Å². The first kappa shape index (κ1) is 19.6. The summed E-state index contributed by atoms with van der Waals surface area (Å²) in [5, 5.41) is 21.8. The van der Waals surface area contributed by atoms with Gasteiger partial charge in [0, 0.05) is 6.42 Å². The molecule has 1 amide bonds. The molecule has 5 nitrogen and oxygen atoms in total. The van der Waals surface area contributed by atoms with Gasteiger partial charge in [0.2, 0.25) is 0 Å². The van der Waals surface area contributed by atoms with Gasteiger partial charge in [-0.3, -0.25) is 4.48 Å². The fourth-order valence-corrected chi connectivity index (χ4v) is 4.60. The highest BCUT2D eigenvalue weighted by atomic mass is 28.4. The van der Waals surface area contributed by atoms with Gasteiger partial charge in [-0.05, 0) is 38.9 Å². The van der Waals surface area contributed by atoms with E-state index >= 15 is 0 Å². The number of amides is 1. The number of aliphatic hydroxyl groups is 1. The summed E-state index contributed by atoms with van der Waals surface area (Å²) >= 11 is 0. The lowest BCUT2D eigenvalue weighted by Crippen LogP contribution is -2.71. The van der Waals surface area contributed by atoms with E-state index in [-0.39, 0.29) is 28.3 Å². The number of rotatable bonds is 3. The third-order valence-electron chi connectivity index (χ3n) is 5.65. The number of aliphatic hydroxyl groups excluding tert-OH is 1. The number of quaternary nitrogens is 1. The van der Waals surface area contributed by atoms with Crippen LogP contribution in [0.4, 0.5) is 4.79 Å². The molecule has 1 fully saturated rings. The van der Waals surface area contributed by atoms with E-state index in [1.165, 1.54) is 0 Å². The van der Waals surface area contributed by atoms with E-state index in [2.05, 4.69) is 33.9 Å². The van der Waals surface area contributed by atoms with Crippen LogP contribution >= 0.6 is 0 Å². The van der Waals surface area contributed by atoms with Crippen LogP contribution in [-0.4, -0.2) is 54.8 Å². The first-order valence-corrected chi connectivity index (χ1v) is 11.0. The number of carbonyl (C=O) groups excluding carboxylic acids is 1. The molecule has 6 heteroatoms. The smallest absolute Gasteiger partial charge is 0.258 e. The minimum Gasteiger partial charge on any atom is -0.498 e. The van der Waals surface area contributed by atoms with Crippen LogP contribution in [0.3, 0.4) is 0 Å². The van der Waals surface area contributed by atoms with Crippen molar-refractivity contribution in [2.24, 2.45) is 0 Å². The molecule has 22 heavy (non-hydrogen) atoms. The van der Waals surface area contributed by atoms with E-state index in [0.717, 1.165) is 0 Å². The lowest BCUT2D eigenvalue weighted by molar-refractivity contribution is -0.931. The van der Waals surface area contributed by atoms with Gasteiger partial charge in [-0.1, -0.05) is 20.8 Å². The molecule has 1 aliphatic rings. The zero-order valence-corrected chi connectivity index (χ0v) is 16.4. The van der Waals surface area contributed by atoms with Gasteiger partial charge in [0.15, 0.2) is 8.32 Å². The minimum absolute atomic E-state index is 0.0726. The average Bonchev–Trinajstić information content (AvgIpc) is 2.65. The number of likely N-dealkylation sites (tertiary alicyclic amines) is 1. The van der Waals surface area contributed by atoms with Crippen molar-refractivity contribution in [1.29, 1.82) is 0 Å². The van der Waals surface area contributed by atoms with Crippen LogP contribution in [0, 0.1) is 0 Å². The third kappa shape index (κ3) is 3.25. The molecular weight excluding hydrogens is 298 g/mol. The van der Waals surface area contributed by atoms with Crippen LogP contribution in [0.5, 0.6) is 0 Å². The minimum atomic E-state index is -1.97. The summed E-state index contributed by atoms with van der Waals surface area (Å²) in [5.74, 6) is 0. The second kappa shape index (κ2) is 5.89. The van der Waals surface area contributed by atoms with Crippen LogP contribution < -0.4 is 5.11 Å². The Bertz CT molecular complexity index is 425. The average molecular weight is 332 g/mol. The fraction of sp³-hybridized carbons (Fsp3) is 0.938. The van der Waals surface area contributed by atoms with Gasteiger partial charge in [0.1, 0.15) is 18.7 Å². The first-order valence-electron chi connectivity index (χ1n) is 8.07. The van der Waals surface area contributed by atoms with Gasteiger partial charge in [-0.2, -0.15) is 0 Å². The summed E-state index contributed by atoms with van der Waals surface area (Å²) in [4.78, 5) is 12.0. The number of carbonyl (C=O) groups is 1. The molecule has 1 heterocycles. The molecular formula is C16H33NO4Si. The molecule has 1 N–H and O–H groups in total. The van der Waals surface area contributed by atoms with Crippen molar-refractivity contribution in [1.82, 2.24) is 0 Å². The molecule has 0 bridgehead atoms. The summed E-state index contributed by atoms with van der Waals surface area (Å²) in [6, 6.07) is -0.375. The highest BCUT2D eigenvalue weighted by Crippen LogP contribution is 2.42. The van der Waals surface area contributed by atoms with Gasteiger partial charge < -0.3 is 19.4 Å². The fourth-order valence-electron chi connectivity index (χ4n) is 3.24. The maximum atomic E-state index is 12.0. The Morgan fingerprint density at radius 1 is 1.27 bits per heavy atom. The zero-order valence-electron chi connectivity index (χ0n) is 15.4. The summed E-state index contributed by atoms with van der Waals surface area (Å²) in [5.41, 5.74) is -0.544. The van der Waals surface area contributed by atoms with Gasteiger partial charge in [-0.15, -0.1) is 0 Å². The molecule has 1 unspecified atom stereocenters. The van der Waals surface area contributed by atoms with Crippen LogP contribution in [-0.2, 0) is 4.43 Å². The predicted molar refractivity (Wildman–Crippen MR) is 87.8 cm³/mol. The molecule has 1 saturated heterocycles. The molecule has 0 saturated carbocycles. The highest BCUT2D eigenvalue weighted by Gasteiger charge is 2.57. The second-order valence-corrected chi connectivity index (χ2v) is 13.8. The van der Waals surface area contributed by atoms with E-state index in [9.17, 15) is 15.0 Å². The Balaban J connectivity index is 3.10. The van der Waals surface area contributed by atoms with Crippen LogP contribution in [0.1, 0.15) is 48.0 Å². The molecule has 0 aromatic rings. The Morgan fingerprint density at radius 2 is 1.77 bits per heavy atom. The topological polar surface area (TPSA) is 69.6 Å². The van der Waals surface area contributed by atoms with E-state index in [1.807, 2.05) is 20.8 Å². The molecule has 0 radical (unpaired) electrons. The largest absolute Gasteiger partial charge is 0.498 e. The first-order chi connectivity index (χ1) is 9.69. The number of hydrogen-bond donors (Lipinski definition) is 1. The Labute approximate surface area is 136 Å². The molecule has 0 aromatic carbocycles. The number of carboxylic acid groups (broad SMARTS) is 1. The second-order valence-electron chi connectivity index (χ2n) is 9.06. The number of nitrogens with zero attached hydrogens (tertiary/aromatic N) is 1. The van der Waals surface area contributed by atoms with Crippen molar-refractivity contribution in [3.63, 3.8) is 0 Å². The van der Waals surface area contributed by atoms with Gasteiger partial charge in [0.05, 0.1) is 12.1 Å². The van der Waals surface area contributed by atoms with E-state index < -0.39 is 19.9 Å².